The molecule has 0 aliphatic heterocycles. The highest BCUT2D eigenvalue weighted by Crippen LogP contribution is 2.38. The molecule has 1 aliphatic carbocycles. The number of aryl methyl sites for hydroxylation is 1. The fourth-order valence-electron chi connectivity index (χ4n) is 3.14. The van der Waals surface area contributed by atoms with Crippen LogP contribution in [0.4, 0.5) is 11.4 Å². The van der Waals surface area contributed by atoms with Crippen LogP contribution < -0.4 is 5.32 Å². The molecule has 1 N–H and O–H groups in total. The molecule has 8 nitrogen and oxygen atoms in total. The minimum absolute atomic E-state index is 0.0365. The van der Waals surface area contributed by atoms with Crippen molar-refractivity contribution in [1.82, 2.24) is 4.57 Å². The molecule has 1 heterocycles. The standard InChI is InChI=1S/C20H20ClN3O5/c1-12-9-14(13(2)23(12)16-5-6-16)3-8-20(26)29-11-19(25)22-15-4-7-17(21)18(10-15)24(27)28/h3-4,7-10,16H,5-6,11H2,1-2H3,(H,22,25)/b8-3+. The second-order valence-corrected chi connectivity index (χ2v) is 7.25. The Morgan fingerprint density at radius 3 is 2.72 bits per heavy atom. The Labute approximate surface area is 172 Å². The molecule has 2 aromatic rings. The maximum absolute atomic E-state index is 11.9. The van der Waals surface area contributed by atoms with Crippen LogP contribution in [0.25, 0.3) is 6.08 Å². The Kier molecular flexibility index (Phi) is 6.03. The normalized spacial score (nSPS) is 13.5. The number of hydrogen-bond acceptors (Lipinski definition) is 5. The third-order valence-electron chi connectivity index (χ3n) is 4.61. The molecule has 1 aliphatic rings. The van der Waals surface area contributed by atoms with E-state index in [1.165, 1.54) is 31.1 Å². The highest BCUT2D eigenvalue weighted by Gasteiger charge is 2.26. The number of hydrogen-bond donors (Lipinski definition) is 1. The molecule has 1 aromatic heterocycles. The first-order valence-electron chi connectivity index (χ1n) is 9.03. The average molecular weight is 418 g/mol. The van der Waals surface area contributed by atoms with Crippen molar-refractivity contribution in [2.75, 3.05) is 11.9 Å². The van der Waals surface area contributed by atoms with Crippen LogP contribution in [0.1, 0.15) is 35.8 Å². The number of rotatable bonds is 7. The summed E-state index contributed by atoms with van der Waals surface area (Å²) in [5.41, 5.74) is 3.04. The molecular formula is C20H20ClN3O5. The van der Waals surface area contributed by atoms with Gasteiger partial charge in [-0.3, -0.25) is 14.9 Å². The maximum atomic E-state index is 11.9. The average Bonchev–Trinajstić information content (AvgIpc) is 3.45. The zero-order valence-corrected chi connectivity index (χ0v) is 16.7. The Hall–Kier alpha value is -3.13. The van der Waals surface area contributed by atoms with Crippen molar-refractivity contribution < 1.29 is 19.2 Å². The lowest BCUT2D eigenvalue weighted by molar-refractivity contribution is -0.384. The summed E-state index contributed by atoms with van der Waals surface area (Å²) in [6.07, 6.45) is 5.30. The topological polar surface area (TPSA) is 103 Å². The minimum atomic E-state index is -0.654. The number of anilines is 1. The molecule has 0 spiro atoms. The molecule has 1 amide bonds. The van der Waals surface area contributed by atoms with E-state index in [1.54, 1.807) is 6.08 Å². The molecule has 0 saturated heterocycles. The fraction of sp³-hybridized carbons (Fsp3) is 0.300. The summed E-state index contributed by atoms with van der Waals surface area (Å²) in [7, 11) is 0. The number of nitro benzene ring substituents is 1. The number of aromatic nitrogens is 1. The van der Waals surface area contributed by atoms with E-state index in [-0.39, 0.29) is 16.4 Å². The van der Waals surface area contributed by atoms with Gasteiger partial charge in [-0.05, 0) is 56.5 Å². The monoisotopic (exact) mass is 417 g/mol. The summed E-state index contributed by atoms with van der Waals surface area (Å²) in [5, 5.41) is 13.3. The van der Waals surface area contributed by atoms with Gasteiger partial charge in [-0.1, -0.05) is 11.6 Å². The molecule has 0 unspecified atom stereocenters. The zero-order valence-electron chi connectivity index (χ0n) is 16.0. The molecule has 0 radical (unpaired) electrons. The quantitative estimate of drug-likeness (QED) is 0.315. The number of nitrogens with zero attached hydrogens (tertiary/aromatic N) is 2. The van der Waals surface area contributed by atoms with E-state index >= 15 is 0 Å². The highest BCUT2D eigenvalue weighted by molar-refractivity contribution is 6.32. The smallest absolute Gasteiger partial charge is 0.331 e. The first kappa shape index (κ1) is 20.6. The first-order valence-corrected chi connectivity index (χ1v) is 9.41. The van der Waals surface area contributed by atoms with Gasteiger partial charge in [-0.2, -0.15) is 0 Å². The van der Waals surface area contributed by atoms with E-state index in [0.29, 0.717) is 6.04 Å². The van der Waals surface area contributed by atoms with Crippen molar-refractivity contribution in [2.45, 2.75) is 32.7 Å². The van der Waals surface area contributed by atoms with Gasteiger partial charge in [0.25, 0.3) is 11.6 Å². The third kappa shape index (κ3) is 5.03. The summed E-state index contributed by atoms with van der Waals surface area (Å²) >= 11 is 5.73. The van der Waals surface area contributed by atoms with E-state index in [2.05, 4.69) is 9.88 Å². The number of amides is 1. The van der Waals surface area contributed by atoms with Crippen LogP contribution in [0.2, 0.25) is 5.02 Å². The van der Waals surface area contributed by atoms with Gasteiger partial charge in [-0.25, -0.2) is 4.79 Å². The number of esters is 1. The van der Waals surface area contributed by atoms with E-state index in [0.717, 1.165) is 23.0 Å². The van der Waals surface area contributed by atoms with Gasteiger partial charge >= 0.3 is 5.97 Å². The van der Waals surface area contributed by atoms with Crippen molar-refractivity contribution >= 4 is 40.9 Å². The molecule has 1 saturated carbocycles. The van der Waals surface area contributed by atoms with Gasteiger partial charge in [0.2, 0.25) is 0 Å². The number of halogens is 1. The molecule has 3 rings (SSSR count). The lowest BCUT2D eigenvalue weighted by atomic mass is 10.2. The van der Waals surface area contributed by atoms with Crippen LogP contribution in [-0.4, -0.2) is 28.0 Å². The number of carbonyl (C=O) groups excluding carboxylic acids is 2. The molecule has 29 heavy (non-hydrogen) atoms. The van der Waals surface area contributed by atoms with Crippen LogP contribution in [0, 0.1) is 24.0 Å². The summed E-state index contributed by atoms with van der Waals surface area (Å²) in [5.74, 6) is -1.27. The lowest BCUT2D eigenvalue weighted by Crippen LogP contribution is -2.20. The Balaban J connectivity index is 1.53. The van der Waals surface area contributed by atoms with Crippen molar-refractivity contribution in [3.05, 3.63) is 62.4 Å². The molecular weight excluding hydrogens is 398 g/mol. The van der Waals surface area contributed by atoms with E-state index in [4.69, 9.17) is 16.3 Å². The molecule has 0 bridgehead atoms. The highest BCUT2D eigenvalue weighted by atomic mass is 35.5. The van der Waals surface area contributed by atoms with Gasteiger partial charge in [0.05, 0.1) is 4.92 Å². The third-order valence-corrected chi connectivity index (χ3v) is 4.93. The van der Waals surface area contributed by atoms with Crippen LogP contribution in [0.15, 0.2) is 30.3 Å². The Morgan fingerprint density at radius 1 is 1.34 bits per heavy atom. The van der Waals surface area contributed by atoms with Gasteiger partial charge in [0.1, 0.15) is 5.02 Å². The van der Waals surface area contributed by atoms with E-state index in [9.17, 15) is 19.7 Å². The van der Waals surface area contributed by atoms with E-state index in [1.807, 2.05) is 19.9 Å². The number of nitrogens with one attached hydrogen (secondary N) is 1. The van der Waals surface area contributed by atoms with Crippen LogP contribution in [0.5, 0.6) is 0 Å². The lowest BCUT2D eigenvalue weighted by Gasteiger charge is -2.07. The van der Waals surface area contributed by atoms with Crippen molar-refractivity contribution in [3.8, 4) is 0 Å². The summed E-state index contributed by atoms with van der Waals surface area (Å²) in [6.45, 7) is 3.53. The minimum Gasteiger partial charge on any atom is -0.452 e. The van der Waals surface area contributed by atoms with Crippen molar-refractivity contribution in [3.63, 3.8) is 0 Å². The van der Waals surface area contributed by atoms with Gasteiger partial charge in [-0.15, -0.1) is 0 Å². The summed E-state index contributed by atoms with van der Waals surface area (Å²) in [4.78, 5) is 34.1. The van der Waals surface area contributed by atoms with Crippen LogP contribution >= 0.6 is 11.6 Å². The molecule has 9 heteroatoms. The van der Waals surface area contributed by atoms with Crippen molar-refractivity contribution in [1.29, 1.82) is 0 Å². The second-order valence-electron chi connectivity index (χ2n) is 6.84. The summed E-state index contributed by atoms with van der Waals surface area (Å²) < 4.78 is 7.20. The molecule has 152 valence electrons. The first-order chi connectivity index (χ1) is 13.8. The summed E-state index contributed by atoms with van der Waals surface area (Å²) in [6, 6.07) is 6.43. The number of benzene rings is 1. The SMILES string of the molecule is Cc1cc(/C=C/C(=O)OCC(=O)Nc2ccc(Cl)c([N+](=O)[O-])c2)c(C)n1C1CC1. The maximum Gasteiger partial charge on any atom is 0.331 e. The van der Waals surface area contributed by atoms with Crippen LogP contribution in [-0.2, 0) is 14.3 Å². The largest absolute Gasteiger partial charge is 0.452 e. The Morgan fingerprint density at radius 2 is 2.07 bits per heavy atom. The molecule has 1 aromatic carbocycles. The van der Waals surface area contributed by atoms with Crippen molar-refractivity contribution in [2.24, 2.45) is 0 Å². The number of carbonyl (C=O) groups is 2. The van der Waals surface area contributed by atoms with Gasteiger partial charge < -0.3 is 14.6 Å². The Bertz CT molecular complexity index is 1010. The van der Waals surface area contributed by atoms with Crippen LogP contribution in [0.3, 0.4) is 0 Å². The van der Waals surface area contributed by atoms with Gasteiger partial charge in [0.15, 0.2) is 6.61 Å². The predicted molar refractivity (Wildman–Crippen MR) is 109 cm³/mol. The zero-order chi connectivity index (χ0) is 21.1. The second kappa shape index (κ2) is 8.48. The fourth-order valence-corrected chi connectivity index (χ4v) is 3.32. The number of nitro groups is 1. The van der Waals surface area contributed by atoms with Gasteiger partial charge in [0, 0.05) is 35.3 Å². The van der Waals surface area contributed by atoms with E-state index < -0.39 is 23.4 Å². The number of ether oxygens (including phenoxy) is 1. The predicted octanol–water partition coefficient (Wildman–Crippen LogP) is 4.20. The molecule has 0 atom stereocenters. The molecule has 1 fully saturated rings.